The average Bonchev–Trinajstić information content (AvgIpc) is 2.42. The van der Waals surface area contributed by atoms with E-state index in [1.54, 1.807) is 39.0 Å². The van der Waals surface area contributed by atoms with Crippen LogP contribution >= 0.6 is 0 Å². The van der Waals surface area contributed by atoms with Crippen LogP contribution in [0.4, 0.5) is 4.79 Å². The quantitative estimate of drug-likeness (QED) is 0.824. The summed E-state index contributed by atoms with van der Waals surface area (Å²) in [7, 11) is 1.44. The lowest BCUT2D eigenvalue weighted by atomic mass is 10.1. The summed E-state index contributed by atoms with van der Waals surface area (Å²) in [4.78, 5) is 35.2. The summed E-state index contributed by atoms with van der Waals surface area (Å²) < 4.78 is 9.99. The van der Waals surface area contributed by atoms with Crippen molar-refractivity contribution in [3.05, 3.63) is 29.3 Å². The van der Waals surface area contributed by atoms with Crippen LogP contribution in [0.3, 0.4) is 0 Å². The number of urea groups is 1. The number of ether oxygens (including phenoxy) is 2. The molecule has 1 aromatic carbocycles. The maximum absolute atomic E-state index is 12.0. The Hall–Kier alpha value is -2.57. The molecule has 0 atom stereocenters. The minimum Gasteiger partial charge on any atom is -0.496 e. The molecule has 0 aromatic heterocycles. The Bertz CT molecular complexity index is 605. The molecule has 0 unspecified atom stereocenters. The molecule has 0 bridgehead atoms. The molecule has 23 heavy (non-hydrogen) atoms. The van der Waals surface area contributed by atoms with E-state index in [2.05, 4.69) is 10.6 Å². The Morgan fingerprint density at radius 3 is 2.39 bits per heavy atom. The highest BCUT2D eigenvalue weighted by atomic mass is 16.5. The first-order valence-corrected chi connectivity index (χ1v) is 7.06. The van der Waals surface area contributed by atoms with Gasteiger partial charge in [-0.15, -0.1) is 0 Å². The topological polar surface area (TPSA) is 93.7 Å². The van der Waals surface area contributed by atoms with Crippen LogP contribution in [0.1, 0.15) is 36.7 Å². The van der Waals surface area contributed by atoms with Gasteiger partial charge in [-0.05, 0) is 39.8 Å². The molecule has 0 aliphatic carbocycles. The van der Waals surface area contributed by atoms with Crippen molar-refractivity contribution in [2.75, 3.05) is 13.7 Å². The van der Waals surface area contributed by atoms with Gasteiger partial charge in [0.05, 0.1) is 7.11 Å². The number of benzene rings is 1. The Balaban J connectivity index is 2.58. The van der Waals surface area contributed by atoms with E-state index >= 15 is 0 Å². The van der Waals surface area contributed by atoms with E-state index in [1.807, 2.05) is 6.92 Å². The number of amides is 3. The molecule has 3 amide bonds. The molecule has 0 heterocycles. The zero-order valence-corrected chi connectivity index (χ0v) is 14.0. The van der Waals surface area contributed by atoms with Crippen LogP contribution in [0.15, 0.2) is 18.2 Å². The number of hydrogen-bond donors (Lipinski definition) is 2. The number of nitrogens with one attached hydrogen (secondary N) is 2. The van der Waals surface area contributed by atoms with Gasteiger partial charge in [0, 0.05) is 5.54 Å². The molecule has 1 rings (SSSR count). The van der Waals surface area contributed by atoms with Crippen LogP contribution < -0.4 is 15.4 Å². The molecule has 7 nitrogen and oxygen atoms in total. The van der Waals surface area contributed by atoms with Gasteiger partial charge in [0.25, 0.3) is 5.91 Å². The molecular weight excluding hydrogens is 300 g/mol. The van der Waals surface area contributed by atoms with Crippen LogP contribution in [0, 0.1) is 6.92 Å². The lowest BCUT2D eigenvalue weighted by Gasteiger charge is -2.20. The fourth-order valence-corrected chi connectivity index (χ4v) is 1.72. The summed E-state index contributed by atoms with van der Waals surface area (Å²) in [5.74, 6) is -1.06. The highest BCUT2D eigenvalue weighted by Crippen LogP contribution is 2.20. The van der Waals surface area contributed by atoms with E-state index in [0.29, 0.717) is 5.75 Å². The third-order valence-corrected chi connectivity index (χ3v) is 2.65. The SMILES string of the molecule is COc1ccc(C)cc1C(=O)OCC(=O)NC(=O)NC(C)(C)C. The first-order valence-electron chi connectivity index (χ1n) is 7.06. The van der Waals surface area contributed by atoms with Gasteiger partial charge in [-0.25, -0.2) is 9.59 Å². The first-order chi connectivity index (χ1) is 10.6. The zero-order valence-electron chi connectivity index (χ0n) is 14.0. The third-order valence-electron chi connectivity index (χ3n) is 2.65. The van der Waals surface area contributed by atoms with E-state index in [0.717, 1.165) is 5.56 Å². The van der Waals surface area contributed by atoms with Gasteiger partial charge in [-0.1, -0.05) is 11.6 Å². The molecule has 0 fully saturated rings. The molecule has 0 radical (unpaired) electrons. The second-order valence-corrected chi connectivity index (χ2v) is 6.03. The van der Waals surface area contributed by atoms with E-state index in [4.69, 9.17) is 9.47 Å². The predicted octanol–water partition coefficient (Wildman–Crippen LogP) is 1.78. The average molecular weight is 322 g/mol. The van der Waals surface area contributed by atoms with Crippen molar-refractivity contribution in [2.24, 2.45) is 0 Å². The molecular formula is C16H22N2O5. The number of esters is 1. The third kappa shape index (κ3) is 6.37. The highest BCUT2D eigenvalue weighted by Gasteiger charge is 2.18. The molecule has 126 valence electrons. The fraction of sp³-hybridized carbons (Fsp3) is 0.438. The minimum absolute atomic E-state index is 0.222. The van der Waals surface area contributed by atoms with E-state index in [9.17, 15) is 14.4 Å². The van der Waals surface area contributed by atoms with Gasteiger partial charge in [0.15, 0.2) is 6.61 Å². The fourth-order valence-electron chi connectivity index (χ4n) is 1.72. The number of rotatable bonds is 4. The largest absolute Gasteiger partial charge is 0.496 e. The zero-order chi connectivity index (χ0) is 17.6. The Kier molecular flexibility index (Phi) is 6.12. The number of carbonyl (C=O) groups excluding carboxylic acids is 3. The summed E-state index contributed by atoms with van der Waals surface area (Å²) in [6, 6.07) is 4.39. The van der Waals surface area contributed by atoms with Crippen molar-refractivity contribution >= 4 is 17.9 Å². The normalized spacial score (nSPS) is 10.7. The minimum atomic E-state index is -0.716. The molecule has 0 aliphatic rings. The molecule has 7 heteroatoms. The maximum Gasteiger partial charge on any atom is 0.342 e. The van der Waals surface area contributed by atoms with Crippen molar-refractivity contribution in [2.45, 2.75) is 33.2 Å². The molecule has 0 saturated heterocycles. The maximum atomic E-state index is 12.0. The summed E-state index contributed by atoms with van der Waals surface area (Å²) in [6.45, 7) is 6.59. The number of aryl methyl sites for hydroxylation is 1. The van der Waals surface area contributed by atoms with Gasteiger partial charge >= 0.3 is 12.0 Å². The highest BCUT2D eigenvalue weighted by molar-refractivity contribution is 5.98. The molecule has 0 aliphatic heterocycles. The van der Waals surface area contributed by atoms with Crippen molar-refractivity contribution in [3.8, 4) is 5.75 Å². The van der Waals surface area contributed by atoms with E-state index < -0.39 is 30.1 Å². The molecule has 0 spiro atoms. The van der Waals surface area contributed by atoms with Crippen LogP contribution in [0.25, 0.3) is 0 Å². The van der Waals surface area contributed by atoms with Gasteiger partial charge in [-0.2, -0.15) is 0 Å². The lowest BCUT2D eigenvalue weighted by molar-refractivity contribution is -0.123. The Morgan fingerprint density at radius 2 is 1.83 bits per heavy atom. The van der Waals surface area contributed by atoms with E-state index in [1.165, 1.54) is 7.11 Å². The number of methoxy groups -OCH3 is 1. The second kappa shape index (κ2) is 7.62. The van der Waals surface area contributed by atoms with Gasteiger partial charge in [0.1, 0.15) is 11.3 Å². The van der Waals surface area contributed by atoms with E-state index in [-0.39, 0.29) is 5.56 Å². The summed E-state index contributed by atoms with van der Waals surface area (Å²) in [5.41, 5.74) is 0.599. The number of hydrogen-bond acceptors (Lipinski definition) is 5. The standard InChI is InChI=1S/C16H22N2O5/c1-10-6-7-12(22-5)11(8-10)14(20)23-9-13(19)17-15(21)18-16(2,3)4/h6-8H,9H2,1-5H3,(H2,17,18,19,21). The van der Waals surface area contributed by atoms with Gasteiger partial charge in [-0.3, -0.25) is 10.1 Å². The lowest BCUT2D eigenvalue weighted by Crippen LogP contribution is -2.49. The van der Waals surface area contributed by atoms with Crippen LogP contribution in [-0.2, 0) is 9.53 Å². The van der Waals surface area contributed by atoms with Gasteiger partial charge < -0.3 is 14.8 Å². The van der Waals surface area contributed by atoms with Crippen molar-refractivity contribution < 1.29 is 23.9 Å². The molecule has 1 aromatic rings. The molecule has 2 N–H and O–H groups in total. The summed E-state index contributed by atoms with van der Waals surface area (Å²) >= 11 is 0. The van der Waals surface area contributed by atoms with Crippen LogP contribution in [0.2, 0.25) is 0 Å². The Labute approximate surface area is 135 Å². The predicted molar refractivity (Wildman–Crippen MR) is 84.4 cm³/mol. The van der Waals surface area contributed by atoms with Gasteiger partial charge in [0.2, 0.25) is 0 Å². The first kappa shape index (κ1) is 18.5. The number of carbonyl (C=O) groups is 3. The smallest absolute Gasteiger partial charge is 0.342 e. The Morgan fingerprint density at radius 1 is 1.17 bits per heavy atom. The van der Waals surface area contributed by atoms with Crippen molar-refractivity contribution in [3.63, 3.8) is 0 Å². The van der Waals surface area contributed by atoms with Crippen molar-refractivity contribution in [1.82, 2.24) is 10.6 Å². The second-order valence-electron chi connectivity index (χ2n) is 6.03. The number of imide groups is 1. The summed E-state index contributed by atoms with van der Waals surface area (Å²) in [6.07, 6.45) is 0. The monoisotopic (exact) mass is 322 g/mol. The van der Waals surface area contributed by atoms with Crippen molar-refractivity contribution in [1.29, 1.82) is 0 Å². The van der Waals surface area contributed by atoms with Crippen LogP contribution in [-0.4, -0.2) is 37.2 Å². The van der Waals surface area contributed by atoms with Crippen LogP contribution in [0.5, 0.6) is 5.75 Å². The molecule has 0 saturated carbocycles. The summed E-state index contributed by atoms with van der Waals surface area (Å²) in [5, 5.41) is 4.65.